The highest BCUT2D eigenvalue weighted by molar-refractivity contribution is 5.76. The van der Waals surface area contributed by atoms with E-state index in [4.69, 9.17) is 0 Å². The van der Waals surface area contributed by atoms with Crippen molar-refractivity contribution >= 4 is 11.9 Å². The lowest BCUT2D eigenvalue weighted by Crippen LogP contribution is -2.37. The third-order valence-corrected chi connectivity index (χ3v) is 4.84. The molecule has 3 aromatic heterocycles. The standard InChI is InChI=1S/C20H23N7O/c1-26-13-16(12-23-26)18-6-9-22-20(25-18)27-10-7-17(14-27)24-19(28)5-4-15-3-2-8-21-11-15/h2-3,6,8-9,11-13,17H,4-5,7,10,14H2,1H3,(H,24,28). The van der Waals surface area contributed by atoms with Crippen LogP contribution in [-0.4, -0.2) is 49.8 Å². The molecule has 0 aliphatic carbocycles. The summed E-state index contributed by atoms with van der Waals surface area (Å²) in [5, 5.41) is 7.32. The molecular formula is C20H23N7O. The molecule has 1 saturated heterocycles. The number of rotatable bonds is 6. The number of aromatic nitrogens is 5. The van der Waals surface area contributed by atoms with Gasteiger partial charge in [-0.05, 0) is 30.5 Å². The SMILES string of the molecule is Cn1cc(-c2ccnc(N3CCC(NC(=O)CCc4cccnc4)C3)n2)cn1. The zero-order valence-corrected chi connectivity index (χ0v) is 15.8. The lowest BCUT2D eigenvalue weighted by atomic mass is 10.1. The highest BCUT2D eigenvalue weighted by Gasteiger charge is 2.25. The number of aryl methyl sites for hydroxylation is 2. The van der Waals surface area contributed by atoms with Crippen molar-refractivity contribution in [1.29, 1.82) is 0 Å². The van der Waals surface area contributed by atoms with E-state index >= 15 is 0 Å². The van der Waals surface area contributed by atoms with Crippen molar-refractivity contribution in [2.75, 3.05) is 18.0 Å². The molecule has 1 amide bonds. The second-order valence-electron chi connectivity index (χ2n) is 7.00. The van der Waals surface area contributed by atoms with Gasteiger partial charge in [0.25, 0.3) is 0 Å². The van der Waals surface area contributed by atoms with E-state index in [2.05, 4.69) is 30.3 Å². The maximum Gasteiger partial charge on any atom is 0.225 e. The van der Waals surface area contributed by atoms with E-state index in [1.807, 2.05) is 31.4 Å². The van der Waals surface area contributed by atoms with Crippen molar-refractivity contribution in [3.63, 3.8) is 0 Å². The molecule has 1 aliphatic heterocycles. The van der Waals surface area contributed by atoms with Crippen LogP contribution in [0.4, 0.5) is 5.95 Å². The molecule has 1 N–H and O–H groups in total. The summed E-state index contributed by atoms with van der Waals surface area (Å²) in [5.74, 6) is 0.759. The maximum absolute atomic E-state index is 12.3. The van der Waals surface area contributed by atoms with Crippen LogP contribution >= 0.6 is 0 Å². The Bertz CT molecular complexity index is 940. The van der Waals surface area contributed by atoms with Crippen LogP contribution in [0.15, 0.2) is 49.2 Å². The Morgan fingerprint density at radius 2 is 2.21 bits per heavy atom. The average molecular weight is 377 g/mol. The largest absolute Gasteiger partial charge is 0.352 e. The van der Waals surface area contributed by atoms with Crippen molar-refractivity contribution in [3.05, 3.63) is 54.7 Å². The van der Waals surface area contributed by atoms with Gasteiger partial charge in [0, 0.05) is 63.0 Å². The zero-order chi connectivity index (χ0) is 19.3. The second kappa shape index (κ2) is 8.16. The minimum absolute atomic E-state index is 0.0701. The highest BCUT2D eigenvalue weighted by Crippen LogP contribution is 2.21. The smallest absolute Gasteiger partial charge is 0.225 e. The van der Waals surface area contributed by atoms with Gasteiger partial charge in [0.2, 0.25) is 11.9 Å². The summed E-state index contributed by atoms with van der Waals surface area (Å²) in [6.45, 7) is 1.54. The van der Waals surface area contributed by atoms with Crippen molar-refractivity contribution < 1.29 is 4.79 Å². The van der Waals surface area contributed by atoms with Gasteiger partial charge >= 0.3 is 0 Å². The summed E-state index contributed by atoms with van der Waals surface area (Å²) in [5.41, 5.74) is 2.89. The fourth-order valence-electron chi connectivity index (χ4n) is 3.38. The third kappa shape index (κ3) is 4.33. The molecule has 4 heterocycles. The fraction of sp³-hybridized carbons (Fsp3) is 0.350. The molecule has 0 aromatic carbocycles. The molecule has 4 rings (SSSR count). The Kier molecular flexibility index (Phi) is 5.27. The van der Waals surface area contributed by atoms with Crippen LogP contribution in [0.5, 0.6) is 0 Å². The topological polar surface area (TPSA) is 88.8 Å². The number of carbonyl (C=O) groups excluding carboxylic acids is 1. The molecule has 0 saturated carbocycles. The number of pyridine rings is 1. The first-order valence-corrected chi connectivity index (χ1v) is 9.42. The van der Waals surface area contributed by atoms with Crippen LogP contribution in [0.2, 0.25) is 0 Å². The van der Waals surface area contributed by atoms with E-state index in [1.165, 1.54) is 0 Å². The molecule has 28 heavy (non-hydrogen) atoms. The molecule has 144 valence electrons. The maximum atomic E-state index is 12.3. The number of amides is 1. The molecule has 1 unspecified atom stereocenters. The summed E-state index contributed by atoms with van der Waals surface area (Å²) in [4.78, 5) is 27.5. The van der Waals surface area contributed by atoms with Gasteiger partial charge in [-0.15, -0.1) is 0 Å². The normalized spacial score (nSPS) is 16.3. The molecule has 0 spiro atoms. The molecule has 0 radical (unpaired) electrons. The van der Waals surface area contributed by atoms with E-state index in [0.29, 0.717) is 18.8 Å². The van der Waals surface area contributed by atoms with Crippen molar-refractivity contribution in [3.8, 4) is 11.3 Å². The van der Waals surface area contributed by atoms with Gasteiger partial charge in [-0.1, -0.05) is 6.07 Å². The quantitative estimate of drug-likeness (QED) is 0.702. The molecule has 0 bridgehead atoms. The Hall–Kier alpha value is -3.29. The molecule has 1 atom stereocenters. The lowest BCUT2D eigenvalue weighted by molar-refractivity contribution is -0.121. The van der Waals surface area contributed by atoms with E-state index in [0.717, 1.165) is 36.3 Å². The number of hydrogen-bond acceptors (Lipinski definition) is 6. The predicted molar refractivity (Wildman–Crippen MR) is 106 cm³/mol. The van der Waals surface area contributed by atoms with Gasteiger partial charge in [-0.2, -0.15) is 5.10 Å². The summed E-state index contributed by atoms with van der Waals surface area (Å²) in [6.07, 6.45) is 11.1. The molecule has 3 aromatic rings. The first-order chi connectivity index (χ1) is 13.7. The van der Waals surface area contributed by atoms with E-state index < -0.39 is 0 Å². The zero-order valence-electron chi connectivity index (χ0n) is 15.8. The van der Waals surface area contributed by atoms with Gasteiger partial charge in [0.05, 0.1) is 11.9 Å². The van der Waals surface area contributed by atoms with Crippen LogP contribution < -0.4 is 10.2 Å². The fourth-order valence-corrected chi connectivity index (χ4v) is 3.38. The minimum atomic E-state index is 0.0701. The van der Waals surface area contributed by atoms with Crippen LogP contribution in [-0.2, 0) is 18.3 Å². The molecule has 8 nitrogen and oxygen atoms in total. The number of nitrogens with one attached hydrogen (secondary N) is 1. The average Bonchev–Trinajstić information content (AvgIpc) is 3.36. The van der Waals surface area contributed by atoms with E-state index in [9.17, 15) is 4.79 Å². The van der Waals surface area contributed by atoms with Gasteiger partial charge in [0.15, 0.2) is 0 Å². The highest BCUT2D eigenvalue weighted by atomic mass is 16.1. The van der Waals surface area contributed by atoms with Crippen LogP contribution in [0.3, 0.4) is 0 Å². The second-order valence-corrected chi connectivity index (χ2v) is 7.00. The van der Waals surface area contributed by atoms with Crippen molar-refractivity contribution in [2.45, 2.75) is 25.3 Å². The Morgan fingerprint density at radius 3 is 3.00 bits per heavy atom. The molecule has 1 aliphatic rings. The number of nitrogens with zero attached hydrogens (tertiary/aromatic N) is 6. The van der Waals surface area contributed by atoms with Crippen LogP contribution in [0.25, 0.3) is 11.3 Å². The number of anilines is 1. The summed E-state index contributed by atoms with van der Waals surface area (Å²) >= 11 is 0. The van der Waals surface area contributed by atoms with Gasteiger partial charge in [-0.3, -0.25) is 14.5 Å². The summed E-state index contributed by atoms with van der Waals surface area (Å²) < 4.78 is 1.75. The van der Waals surface area contributed by atoms with Gasteiger partial charge in [0.1, 0.15) is 0 Å². The lowest BCUT2D eigenvalue weighted by Gasteiger charge is -2.17. The first kappa shape index (κ1) is 18.1. The Balaban J connectivity index is 1.32. The number of carbonyl (C=O) groups is 1. The Labute approximate surface area is 163 Å². The third-order valence-electron chi connectivity index (χ3n) is 4.84. The summed E-state index contributed by atoms with van der Waals surface area (Å²) in [6, 6.07) is 5.88. The monoisotopic (exact) mass is 377 g/mol. The van der Waals surface area contributed by atoms with Crippen LogP contribution in [0.1, 0.15) is 18.4 Å². The molecule has 1 fully saturated rings. The van der Waals surface area contributed by atoms with E-state index in [1.54, 1.807) is 29.5 Å². The van der Waals surface area contributed by atoms with Crippen molar-refractivity contribution in [2.24, 2.45) is 7.05 Å². The van der Waals surface area contributed by atoms with Gasteiger partial charge < -0.3 is 10.2 Å². The van der Waals surface area contributed by atoms with Gasteiger partial charge in [-0.25, -0.2) is 9.97 Å². The number of hydrogen-bond donors (Lipinski definition) is 1. The molecule has 8 heteroatoms. The summed E-state index contributed by atoms with van der Waals surface area (Å²) in [7, 11) is 1.88. The Morgan fingerprint density at radius 1 is 1.29 bits per heavy atom. The van der Waals surface area contributed by atoms with Crippen LogP contribution in [0, 0.1) is 0 Å². The minimum Gasteiger partial charge on any atom is -0.352 e. The van der Waals surface area contributed by atoms with Crippen molar-refractivity contribution in [1.82, 2.24) is 30.0 Å². The molecular weight excluding hydrogens is 354 g/mol. The first-order valence-electron chi connectivity index (χ1n) is 9.42. The van der Waals surface area contributed by atoms with E-state index in [-0.39, 0.29) is 11.9 Å². The predicted octanol–water partition coefficient (Wildman–Crippen LogP) is 1.60.